The van der Waals surface area contributed by atoms with E-state index in [4.69, 9.17) is 4.99 Å². The van der Waals surface area contributed by atoms with Crippen LogP contribution in [0.15, 0.2) is 59.6 Å². The van der Waals surface area contributed by atoms with Crippen molar-refractivity contribution in [1.82, 2.24) is 10.2 Å². The molecule has 0 heterocycles. The summed E-state index contributed by atoms with van der Waals surface area (Å²) in [5, 5.41) is 14.4. The van der Waals surface area contributed by atoms with Gasteiger partial charge in [0.05, 0.1) is 6.54 Å². The summed E-state index contributed by atoms with van der Waals surface area (Å²) in [6, 6.07) is 18.5. The summed E-state index contributed by atoms with van der Waals surface area (Å²) in [5.74, 6) is 0.823. The van der Waals surface area contributed by atoms with Gasteiger partial charge in [0, 0.05) is 20.1 Å². The molecule has 0 fully saturated rings. The number of benzene rings is 2. The fraction of sp³-hybridized carbons (Fsp3) is 0.381. The molecule has 4 heteroatoms. The Bertz CT molecular complexity index is 729. The Hall–Kier alpha value is -2.33. The van der Waals surface area contributed by atoms with Crippen LogP contribution < -0.4 is 5.32 Å². The van der Waals surface area contributed by atoms with Crippen LogP contribution in [0.3, 0.4) is 0 Å². The van der Waals surface area contributed by atoms with Crippen LogP contribution in [0.4, 0.5) is 0 Å². The zero-order chi connectivity index (χ0) is 17.7. The number of guanidine groups is 1. The Labute approximate surface area is 150 Å². The van der Waals surface area contributed by atoms with E-state index in [2.05, 4.69) is 35.3 Å². The molecule has 2 aromatic carbocycles. The SMILES string of the molecule is CCNC(=NCC1(O)CCc2ccccc21)N(C)Cc1ccccc1. The van der Waals surface area contributed by atoms with Crippen molar-refractivity contribution in [3.63, 3.8) is 0 Å². The minimum atomic E-state index is -0.856. The Morgan fingerprint density at radius 3 is 2.64 bits per heavy atom. The third kappa shape index (κ3) is 4.02. The highest BCUT2D eigenvalue weighted by molar-refractivity contribution is 5.79. The number of nitrogens with one attached hydrogen (secondary N) is 1. The number of aliphatic hydroxyl groups is 1. The highest BCUT2D eigenvalue weighted by Crippen LogP contribution is 2.36. The predicted octanol–water partition coefficient (Wildman–Crippen LogP) is 2.92. The maximum Gasteiger partial charge on any atom is 0.194 e. The fourth-order valence-corrected chi connectivity index (χ4v) is 3.44. The second kappa shape index (κ2) is 7.70. The van der Waals surface area contributed by atoms with Gasteiger partial charge >= 0.3 is 0 Å². The third-order valence-electron chi connectivity index (χ3n) is 4.78. The predicted molar refractivity (Wildman–Crippen MR) is 103 cm³/mol. The molecule has 1 atom stereocenters. The van der Waals surface area contributed by atoms with E-state index < -0.39 is 5.60 Å². The molecule has 0 bridgehead atoms. The quantitative estimate of drug-likeness (QED) is 0.651. The maximum absolute atomic E-state index is 11.1. The molecule has 0 aliphatic heterocycles. The summed E-state index contributed by atoms with van der Waals surface area (Å²) in [6.07, 6.45) is 1.65. The summed E-state index contributed by atoms with van der Waals surface area (Å²) in [6.45, 7) is 4.02. The van der Waals surface area contributed by atoms with Crippen LogP contribution in [0.2, 0.25) is 0 Å². The van der Waals surface area contributed by atoms with E-state index in [-0.39, 0.29) is 0 Å². The van der Waals surface area contributed by atoms with Crippen LogP contribution in [-0.2, 0) is 18.6 Å². The van der Waals surface area contributed by atoms with Crippen molar-refractivity contribution < 1.29 is 5.11 Å². The number of hydrogen-bond acceptors (Lipinski definition) is 2. The number of aryl methyl sites for hydroxylation is 1. The largest absolute Gasteiger partial charge is 0.383 e. The summed E-state index contributed by atoms with van der Waals surface area (Å²) < 4.78 is 0. The molecular weight excluding hydrogens is 310 g/mol. The molecule has 0 saturated heterocycles. The van der Waals surface area contributed by atoms with Gasteiger partial charge in [-0.2, -0.15) is 0 Å². The normalized spacial score (nSPS) is 19.6. The first-order valence-electron chi connectivity index (χ1n) is 8.96. The molecule has 0 amide bonds. The van der Waals surface area contributed by atoms with Crippen LogP contribution >= 0.6 is 0 Å². The standard InChI is InChI=1S/C21H27N3O/c1-3-22-20(24(2)15-17-9-5-4-6-10-17)23-16-21(25)14-13-18-11-7-8-12-19(18)21/h4-12,25H,3,13-16H2,1-2H3,(H,22,23). The van der Waals surface area contributed by atoms with Crippen molar-refractivity contribution in [3.8, 4) is 0 Å². The monoisotopic (exact) mass is 337 g/mol. The van der Waals surface area contributed by atoms with Gasteiger partial charge in [-0.1, -0.05) is 54.6 Å². The van der Waals surface area contributed by atoms with Crippen molar-refractivity contribution in [2.45, 2.75) is 31.9 Å². The maximum atomic E-state index is 11.1. The van der Waals surface area contributed by atoms with Gasteiger partial charge in [-0.15, -0.1) is 0 Å². The van der Waals surface area contributed by atoms with Gasteiger partial charge in [-0.3, -0.25) is 0 Å². The first-order chi connectivity index (χ1) is 12.1. The van der Waals surface area contributed by atoms with Gasteiger partial charge < -0.3 is 15.3 Å². The summed E-state index contributed by atoms with van der Waals surface area (Å²) >= 11 is 0. The zero-order valence-electron chi connectivity index (χ0n) is 15.1. The van der Waals surface area contributed by atoms with E-state index in [1.165, 1.54) is 11.1 Å². The summed E-state index contributed by atoms with van der Waals surface area (Å²) in [7, 11) is 2.03. The lowest BCUT2D eigenvalue weighted by atomic mass is 9.96. The Balaban J connectivity index is 1.74. The second-order valence-corrected chi connectivity index (χ2v) is 6.70. The van der Waals surface area contributed by atoms with Gasteiger partial charge in [0.1, 0.15) is 5.60 Å². The van der Waals surface area contributed by atoms with E-state index in [0.717, 1.165) is 37.5 Å². The molecule has 1 aliphatic rings. The molecule has 1 aliphatic carbocycles. The van der Waals surface area contributed by atoms with Crippen molar-refractivity contribution in [2.75, 3.05) is 20.1 Å². The molecular formula is C21H27N3O. The Kier molecular flexibility index (Phi) is 5.39. The number of nitrogens with zero attached hydrogens (tertiary/aromatic N) is 2. The van der Waals surface area contributed by atoms with E-state index in [1.54, 1.807) is 0 Å². The van der Waals surface area contributed by atoms with Gasteiger partial charge in [0.2, 0.25) is 0 Å². The van der Waals surface area contributed by atoms with E-state index in [1.807, 2.05) is 43.4 Å². The first-order valence-corrected chi connectivity index (χ1v) is 8.96. The minimum Gasteiger partial charge on any atom is -0.383 e. The van der Waals surface area contributed by atoms with Crippen LogP contribution in [0.25, 0.3) is 0 Å². The smallest absolute Gasteiger partial charge is 0.194 e. The van der Waals surface area contributed by atoms with Crippen LogP contribution in [0.1, 0.15) is 30.0 Å². The average molecular weight is 337 g/mol. The first kappa shape index (κ1) is 17.5. The van der Waals surface area contributed by atoms with E-state index in [0.29, 0.717) is 6.54 Å². The number of hydrogen-bond donors (Lipinski definition) is 2. The molecule has 2 aromatic rings. The van der Waals surface area contributed by atoms with Crippen molar-refractivity contribution in [3.05, 3.63) is 71.3 Å². The molecule has 0 radical (unpaired) electrons. The van der Waals surface area contributed by atoms with Gasteiger partial charge in [-0.25, -0.2) is 4.99 Å². The fourth-order valence-electron chi connectivity index (χ4n) is 3.44. The lowest BCUT2D eigenvalue weighted by Gasteiger charge is -2.26. The van der Waals surface area contributed by atoms with Crippen LogP contribution in [-0.4, -0.2) is 36.1 Å². The lowest BCUT2D eigenvalue weighted by Crippen LogP contribution is -2.40. The van der Waals surface area contributed by atoms with E-state index >= 15 is 0 Å². The molecule has 4 nitrogen and oxygen atoms in total. The second-order valence-electron chi connectivity index (χ2n) is 6.70. The molecule has 0 saturated carbocycles. The van der Waals surface area contributed by atoms with Gasteiger partial charge in [-0.05, 0) is 36.5 Å². The molecule has 1 unspecified atom stereocenters. The van der Waals surface area contributed by atoms with E-state index in [9.17, 15) is 5.11 Å². The van der Waals surface area contributed by atoms with Crippen LogP contribution in [0.5, 0.6) is 0 Å². The minimum absolute atomic E-state index is 0.380. The number of rotatable bonds is 5. The highest BCUT2D eigenvalue weighted by atomic mass is 16.3. The molecule has 25 heavy (non-hydrogen) atoms. The van der Waals surface area contributed by atoms with Crippen molar-refractivity contribution in [2.24, 2.45) is 4.99 Å². The van der Waals surface area contributed by atoms with Gasteiger partial charge in [0.25, 0.3) is 0 Å². The Morgan fingerprint density at radius 2 is 1.88 bits per heavy atom. The summed E-state index contributed by atoms with van der Waals surface area (Å²) in [5.41, 5.74) is 2.65. The lowest BCUT2D eigenvalue weighted by molar-refractivity contribution is 0.0483. The highest BCUT2D eigenvalue weighted by Gasteiger charge is 2.36. The van der Waals surface area contributed by atoms with Crippen molar-refractivity contribution >= 4 is 5.96 Å². The van der Waals surface area contributed by atoms with Gasteiger partial charge in [0.15, 0.2) is 5.96 Å². The number of aliphatic imine (C=N–C) groups is 1. The zero-order valence-corrected chi connectivity index (χ0v) is 15.1. The molecule has 3 rings (SSSR count). The number of fused-ring (bicyclic) bond motifs is 1. The summed E-state index contributed by atoms with van der Waals surface area (Å²) in [4.78, 5) is 6.84. The molecule has 132 valence electrons. The topological polar surface area (TPSA) is 47.9 Å². The van der Waals surface area contributed by atoms with Crippen molar-refractivity contribution in [1.29, 1.82) is 0 Å². The average Bonchev–Trinajstić information content (AvgIpc) is 2.97. The molecule has 0 aromatic heterocycles. The molecule has 0 spiro atoms. The third-order valence-corrected chi connectivity index (χ3v) is 4.78. The molecule has 2 N–H and O–H groups in total. The van der Waals surface area contributed by atoms with Crippen LogP contribution in [0, 0.1) is 0 Å². The Morgan fingerprint density at radius 1 is 1.16 bits per heavy atom.